The van der Waals surface area contributed by atoms with E-state index in [-0.39, 0.29) is 5.92 Å². The number of hydrogen-bond donors (Lipinski definition) is 0. The molecule has 88 valence electrons. The Morgan fingerprint density at radius 2 is 1.93 bits per heavy atom. The molecule has 2 heteroatoms. The van der Waals surface area contributed by atoms with E-state index in [1.807, 2.05) is 0 Å². The molecule has 0 spiro atoms. The Kier molecular flexibility index (Phi) is 5.13. The zero-order valence-corrected chi connectivity index (χ0v) is 10.5. The highest BCUT2D eigenvalue weighted by atomic mass is 16.2. The fourth-order valence-corrected chi connectivity index (χ4v) is 2.34. The number of carbonyl (C=O) groups excluding carboxylic acids is 1. The molecule has 0 aromatic heterocycles. The summed E-state index contributed by atoms with van der Waals surface area (Å²) in [6, 6.07) is 0. The minimum Gasteiger partial charge on any atom is -0.342 e. The lowest BCUT2D eigenvalue weighted by atomic mass is 9.95. The summed E-state index contributed by atoms with van der Waals surface area (Å²) in [4.78, 5) is 14.2. The predicted molar refractivity (Wildman–Crippen MR) is 63.7 cm³/mol. The van der Waals surface area contributed by atoms with E-state index < -0.39 is 0 Å². The molecule has 1 aliphatic rings. The van der Waals surface area contributed by atoms with Gasteiger partial charge in [-0.25, -0.2) is 0 Å². The molecule has 1 fully saturated rings. The molecule has 1 saturated heterocycles. The summed E-state index contributed by atoms with van der Waals surface area (Å²) >= 11 is 0. The molecule has 0 bridgehead atoms. The van der Waals surface area contributed by atoms with E-state index in [1.54, 1.807) is 0 Å². The zero-order chi connectivity index (χ0) is 11.3. The maximum Gasteiger partial charge on any atom is 0.225 e. The molecule has 0 aromatic carbocycles. The van der Waals surface area contributed by atoms with Gasteiger partial charge in [0.2, 0.25) is 5.91 Å². The van der Waals surface area contributed by atoms with Crippen molar-refractivity contribution in [2.24, 2.45) is 11.8 Å². The lowest BCUT2D eigenvalue weighted by Gasteiger charge is -2.32. The lowest BCUT2D eigenvalue weighted by molar-refractivity contribution is -0.137. The highest BCUT2D eigenvalue weighted by Gasteiger charge is 2.25. The van der Waals surface area contributed by atoms with Gasteiger partial charge in [-0.15, -0.1) is 0 Å². The molecule has 0 aromatic rings. The van der Waals surface area contributed by atoms with Crippen molar-refractivity contribution in [3.63, 3.8) is 0 Å². The average molecular weight is 211 g/mol. The lowest BCUT2D eigenvalue weighted by Crippen LogP contribution is -2.41. The standard InChI is InChI=1S/C13H25NO/c1-4-6-12(5-2)13(15)14-9-7-11(3)8-10-14/h11-12H,4-10H2,1-3H3. The fraction of sp³-hybridized carbons (Fsp3) is 0.923. The van der Waals surface area contributed by atoms with Gasteiger partial charge in [-0.2, -0.15) is 0 Å². The number of nitrogens with zero attached hydrogens (tertiary/aromatic N) is 1. The van der Waals surface area contributed by atoms with Gasteiger partial charge in [-0.05, 0) is 31.6 Å². The molecule has 1 unspecified atom stereocenters. The Morgan fingerprint density at radius 3 is 2.40 bits per heavy atom. The van der Waals surface area contributed by atoms with Gasteiger partial charge in [0.1, 0.15) is 0 Å². The SMILES string of the molecule is CCCC(CC)C(=O)N1CCC(C)CC1. The first-order chi connectivity index (χ1) is 7.19. The molecule has 0 N–H and O–H groups in total. The minimum absolute atomic E-state index is 0.281. The third-order valence-corrected chi connectivity index (χ3v) is 3.57. The fourth-order valence-electron chi connectivity index (χ4n) is 2.34. The molecule has 1 rings (SSSR count). The number of hydrogen-bond acceptors (Lipinski definition) is 1. The van der Waals surface area contributed by atoms with Crippen molar-refractivity contribution in [1.29, 1.82) is 0 Å². The van der Waals surface area contributed by atoms with Gasteiger partial charge in [-0.3, -0.25) is 4.79 Å². The third kappa shape index (κ3) is 3.51. The zero-order valence-electron chi connectivity index (χ0n) is 10.5. The van der Waals surface area contributed by atoms with Crippen LogP contribution in [-0.2, 0) is 4.79 Å². The van der Waals surface area contributed by atoms with Crippen LogP contribution in [0.3, 0.4) is 0 Å². The molecule has 1 aliphatic heterocycles. The van der Waals surface area contributed by atoms with Crippen LogP contribution in [0.4, 0.5) is 0 Å². The van der Waals surface area contributed by atoms with Crippen LogP contribution in [0.1, 0.15) is 52.9 Å². The second-order valence-electron chi connectivity index (χ2n) is 4.90. The third-order valence-electron chi connectivity index (χ3n) is 3.57. The van der Waals surface area contributed by atoms with Gasteiger partial charge in [0.25, 0.3) is 0 Å². The van der Waals surface area contributed by atoms with Crippen LogP contribution in [0.15, 0.2) is 0 Å². The molecule has 0 saturated carbocycles. The summed E-state index contributed by atoms with van der Waals surface area (Å²) in [7, 11) is 0. The Morgan fingerprint density at radius 1 is 1.33 bits per heavy atom. The van der Waals surface area contributed by atoms with E-state index in [1.165, 1.54) is 12.8 Å². The number of likely N-dealkylation sites (tertiary alicyclic amines) is 1. The van der Waals surface area contributed by atoms with Gasteiger partial charge < -0.3 is 4.90 Å². The van der Waals surface area contributed by atoms with Crippen molar-refractivity contribution in [1.82, 2.24) is 4.90 Å². The summed E-state index contributed by atoms with van der Waals surface area (Å²) in [5, 5.41) is 0. The number of rotatable bonds is 4. The molecule has 1 heterocycles. The summed E-state index contributed by atoms with van der Waals surface area (Å²) < 4.78 is 0. The predicted octanol–water partition coefficient (Wildman–Crippen LogP) is 3.07. The largest absolute Gasteiger partial charge is 0.342 e. The second kappa shape index (κ2) is 6.14. The summed E-state index contributed by atoms with van der Waals surface area (Å²) in [5.41, 5.74) is 0. The Bertz CT molecular complexity index is 195. The highest BCUT2D eigenvalue weighted by Crippen LogP contribution is 2.20. The van der Waals surface area contributed by atoms with Crippen LogP contribution < -0.4 is 0 Å². The van der Waals surface area contributed by atoms with Crippen LogP contribution in [0.25, 0.3) is 0 Å². The summed E-state index contributed by atoms with van der Waals surface area (Å²) in [5.74, 6) is 1.50. The van der Waals surface area contributed by atoms with Gasteiger partial charge in [0.15, 0.2) is 0 Å². The molecular weight excluding hydrogens is 186 g/mol. The molecule has 2 nitrogen and oxygen atoms in total. The maximum atomic E-state index is 12.2. The summed E-state index contributed by atoms with van der Waals surface area (Å²) in [6.45, 7) is 8.55. The van der Waals surface area contributed by atoms with Crippen LogP contribution >= 0.6 is 0 Å². The molecule has 0 radical (unpaired) electrons. The van der Waals surface area contributed by atoms with Crippen molar-refractivity contribution in [2.75, 3.05) is 13.1 Å². The number of piperidine rings is 1. The normalized spacial score (nSPS) is 20.3. The highest BCUT2D eigenvalue weighted by molar-refractivity contribution is 5.78. The quantitative estimate of drug-likeness (QED) is 0.700. The van der Waals surface area contributed by atoms with Crippen molar-refractivity contribution in [3.8, 4) is 0 Å². The second-order valence-corrected chi connectivity index (χ2v) is 4.90. The van der Waals surface area contributed by atoms with Crippen molar-refractivity contribution < 1.29 is 4.79 Å². The smallest absolute Gasteiger partial charge is 0.225 e. The topological polar surface area (TPSA) is 20.3 Å². The number of amides is 1. The first-order valence-corrected chi connectivity index (χ1v) is 6.47. The van der Waals surface area contributed by atoms with Crippen molar-refractivity contribution in [3.05, 3.63) is 0 Å². The maximum absolute atomic E-state index is 12.2. The van der Waals surface area contributed by atoms with Gasteiger partial charge in [-0.1, -0.05) is 27.2 Å². The Balaban J connectivity index is 2.44. The van der Waals surface area contributed by atoms with Gasteiger partial charge in [0, 0.05) is 19.0 Å². The first kappa shape index (κ1) is 12.5. The van der Waals surface area contributed by atoms with Crippen LogP contribution in [0.5, 0.6) is 0 Å². The molecule has 1 amide bonds. The van der Waals surface area contributed by atoms with E-state index in [0.29, 0.717) is 5.91 Å². The van der Waals surface area contributed by atoms with E-state index >= 15 is 0 Å². The molecule has 1 atom stereocenters. The van der Waals surface area contributed by atoms with E-state index in [4.69, 9.17) is 0 Å². The van der Waals surface area contributed by atoms with Crippen molar-refractivity contribution >= 4 is 5.91 Å². The Labute approximate surface area is 94.0 Å². The number of carbonyl (C=O) groups is 1. The van der Waals surface area contributed by atoms with Gasteiger partial charge in [0.05, 0.1) is 0 Å². The Hall–Kier alpha value is -0.530. The van der Waals surface area contributed by atoms with Crippen LogP contribution in [0.2, 0.25) is 0 Å². The van der Waals surface area contributed by atoms with E-state index in [9.17, 15) is 4.79 Å². The minimum atomic E-state index is 0.281. The monoisotopic (exact) mass is 211 g/mol. The van der Waals surface area contributed by atoms with E-state index in [2.05, 4.69) is 25.7 Å². The van der Waals surface area contributed by atoms with Crippen molar-refractivity contribution in [2.45, 2.75) is 52.9 Å². The average Bonchev–Trinajstić information content (AvgIpc) is 2.26. The molecule has 15 heavy (non-hydrogen) atoms. The first-order valence-electron chi connectivity index (χ1n) is 6.47. The van der Waals surface area contributed by atoms with Crippen LogP contribution in [-0.4, -0.2) is 23.9 Å². The summed E-state index contributed by atoms with van der Waals surface area (Å²) in [6.07, 6.45) is 5.55. The van der Waals surface area contributed by atoms with Crippen LogP contribution in [0, 0.1) is 11.8 Å². The molecular formula is C13H25NO. The molecule has 0 aliphatic carbocycles. The van der Waals surface area contributed by atoms with Gasteiger partial charge >= 0.3 is 0 Å². The van der Waals surface area contributed by atoms with E-state index in [0.717, 1.165) is 38.3 Å².